The van der Waals surface area contributed by atoms with Gasteiger partial charge < -0.3 is 15.0 Å². The van der Waals surface area contributed by atoms with E-state index in [2.05, 4.69) is 24.1 Å². The normalized spacial score (nSPS) is 24.7. The lowest BCUT2D eigenvalue weighted by Crippen LogP contribution is -2.43. The molecule has 106 valence electrons. The number of ether oxygens (including phenoxy) is 1. The van der Waals surface area contributed by atoms with Gasteiger partial charge in [-0.15, -0.1) is 0 Å². The predicted molar refractivity (Wildman–Crippen MR) is 76.5 cm³/mol. The number of benzene rings is 1. The van der Waals surface area contributed by atoms with Crippen LogP contribution in [-0.4, -0.2) is 32.3 Å². The van der Waals surface area contributed by atoms with Crippen molar-refractivity contribution in [2.24, 2.45) is 0 Å². The van der Waals surface area contributed by atoms with Gasteiger partial charge in [-0.05, 0) is 38.8 Å². The van der Waals surface area contributed by atoms with Gasteiger partial charge in [0.25, 0.3) is 0 Å². The molecule has 4 heteroatoms. The Morgan fingerprint density at radius 2 is 1.84 bits per heavy atom. The fraction of sp³-hybridized carbons (Fsp3) is 0.600. The van der Waals surface area contributed by atoms with E-state index in [1.807, 2.05) is 6.07 Å². The molecule has 1 aromatic rings. The van der Waals surface area contributed by atoms with Gasteiger partial charge in [-0.1, -0.05) is 0 Å². The highest BCUT2D eigenvalue weighted by Gasteiger charge is 2.17. The van der Waals surface area contributed by atoms with Crippen LogP contribution in [0.15, 0.2) is 18.2 Å². The summed E-state index contributed by atoms with van der Waals surface area (Å²) in [6.45, 7) is 6.31. The van der Waals surface area contributed by atoms with Crippen LogP contribution in [0.2, 0.25) is 0 Å². The molecule has 2 unspecified atom stereocenters. The smallest absolute Gasteiger partial charge is 0.167 e. The van der Waals surface area contributed by atoms with Gasteiger partial charge in [0.15, 0.2) is 11.6 Å². The zero-order valence-corrected chi connectivity index (χ0v) is 11.9. The maximum atomic E-state index is 13.8. The second-order valence-corrected chi connectivity index (χ2v) is 5.35. The lowest BCUT2D eigenvalue weighted by atomic mass is 10.1. The molecule has 19 heavy (non-hydrogen) atoms. The quantitative estimate of drug-likeness (QED) is 0.891. The van der Waals surface area contributed by atoms with Crippen molar-refractivity contribution in [1.29, 1.82) is 0 Å². The predicted octanol–water partition coefficient (Wildman–Crippen LogP) is 2.80. The second kappa shape index (κ2) is 6.24. The monoisotopic (exact) mass is 266 g/mol. The third-order valence-electron chi connectivity index (χ3n) is 3.73. The highest BCUT2D eigenvalue weighted by atomic mass is 19.1. The van der Waals surface area contributed by atoms with Crippen LogP contribution < -0.4 is 15.0 Å². The summed E-state index contributed by atoms with van der Waals surface area (Å²) in [6, 6.07) is 6.21. The summed E-state index contributed by atoms with van der Waals surface area (Å²) >= 11 is 0. The molecule has 0 saturated carbocycles. The molecule has 1 N–H and O–H groups in total. The number of nitrogens with zero attached hydrogens (tertiary/aromatic N) is 1. The van der Waals surface area contributed by atoms with Crippen LogP contribution in [0.4, 0.5) is 10.1 Å². The average molecular weight is 266 g/mol. The molecule has 0 spiro atoms. The number of methoxy groups -OCH3 is 1. The largest absolute Gasteiger partial charge is 0.494 e. The van der Waals surface area contributed by atoms with E-state index in [0.29, 0.717) is 17.8 Å². The Morgan fingerprint density at radius 3 is 2.37 bits per heavy atom. The van der Waals surface area contributed by atoms with Crippen molar-refractivity contribution in [1.82, 2.24) is 5.32 Å². The van der Waals surface area contributed by atoms with E-state index >= 15 is 0 Å². The van der Waals surface area contributed by atoms with E-state index in [9.17, 15) is 4.39 Å². The van der Waals surface area contributed by atoms with E-state index in [0.717, 1.165) is 31.6 Å². The van der Waals surface area contributed by atoms with Gasteiger partial charge in [0.2, 0.25) is 0 Å². The van der Waals surface area contributed by atoms with Gasteiger partial charge in [0, 0.05) is 36.9 Å². The topological polar surface area (TPSA) is 24.5 Å². The minimum atomic E-state index is -0.290. The lowest BCUT2D eigenvalue weighted by molar-refractivity contribution is 0.385. The van der Waals surface area contributed by atoms with Crippen LogP contribution in [0, 0.1) is 5.82 Å². The van der Waals surface area contributed by atoms with E-state index in [1.165, 1.54) is 7.11 Å². The Bertz CT molecular complexity index is 413. The minimum absolute atomic E-state index is 0.290. The molecule has 0 bridgehead atoms. The number of rotatable bonds is 2. The summed E-state index contributed by atoms with van der Waals surface area (Å²) < 4.78 is 18.7. The summed E-state index contributed by atoms with van der Waals surface area (Å²) in [7, 11) is 1.49. The van der Waals surface area contributed by atoms with Crippen molar-refractivity contribution in [3.05, 3.63) is 24.0 Å². The SMILES string of the molecule is COc1ccc(N2CCC(C)NC(C)CC2)cc1F. The number of hydrogen-bond donors (Lipinski definition) is 1. The lowest BCUT2D eigenvalue weighted by Gasteiger charge is -2.32. The van der Waals surface area contributed by atoms with Gasteiger partial charge >= 0.3 is 0 Å². The van der Waals surface area contributed by atoms with Gasteiger partial charge in [-0.25, -0.2) is 4.39 Å². The van der Waals surface area contributed by atoms with E-state index in [1.54, 1.807) is 12.1 Å². The molecule has 0 radical (unpaired) electrons. The van der Waals surface area contributed by atoms with Crippen LogP contribution in [-0.2, 0) is 0 Å². The maximum absolute atomic E-state index is 13.8. The highest BCUT2D eigenvalue weighted by Crippen LogP contribution is 2.24. The molecule has 1 aliphatic rings. The third-order valence-corrected chi connectivity index (χ3v) is 3.73. The van der Waals surface area contributed by atoms with Crippen LogP contribution in [0.1, 0.15) is 26.7 Å². The van der Waals surface area contributed by atoms with Crippen molar-refractivity contribution in [2.45, 2.75) is 38.8 Å². The summed E-state index contributed by atoms with van der Waals surface area (Å²) in [4.78, 5) is 2.26. The first-order chi connectivity index (χ1) is 9.10. The summed E-state index contributed by atoms with van der Waals surface area (Å²) in [5.41, 5.74) is 0.944. The highest BCUT2D eigenvalue weighted by molar-refractivity contribution is 5.50. The number of nitrogens with one attached hydrogen (secondary N) is 1. The van der Waals surface area contributed by atoms with Crippen LogP contribution in [0.3, 0.4) is 0 Å². The standard InChI is InChI=1S/C15H23FN2O/c1-11-6-8-18(9-7-12(2)17-11)13-4-5-15(19-3)14(16)10-13/h4-5,10-12,17H,6-9H2,1-3H3. The molecule has 1 aromatic carbocycles. The van der Waals surface area contributed by atoms with Gasteiger partial charge in [-0.2, -0.15) is 0 Å². The molecule has 2 atom stereocenters. The summed E-state index contributed by atoms with van der Waals surface area (Å²) in [5, 5.41) is 3.56. The minimum Gasteiger partial charge on any atom is -0.494 e. The molecule has 1 aliphatic heterocycles. The van der Waals surface area contributed by atoms with Crippen molar-refractivity contribution in [2.75, 3.05) is 25.1 Å². The Kier molecular flexibility index (Phi) is 4.64. The van der Waals surface area contributed by atoms with Gasteiger partial charge in [0.1, 0.15) is 0 Å². The number of hydrogen-bond acceptors (Lipinski definition) is 3. The maximum Gasteiger partial charge on any atom is 0.167 e. The molecular formula is C15H23FN2O. The molecular weight excluding hydrogens is 243 g/mol. The first kappa shape index (κ1) is 14.1. The van der Waals surface area contributed by atoms with Crippen LogP contribution >= 0.6 is 0 Å². The molecule has 0 aromatic heterocycles. The molecule has 1 heterocycles. The zero-order chi connectivity index (χ0) is 13.8. The number of anilines is 1. The van der Waals surface area contributed by atoms with E-state index in [-0.39, 0.29) is 5.82 Å². The second-order valence-electron chi connectivity index (χ2n) is 5.35. The van der Waals surface area contributed by atoms with E-state index in [4.69, 9.17) is 4.74 Å². The Balaban J connectivity index is 2.13. The zero-order valence-electron chi connectivity index (χ0n) is 11.9. The fourth-order valence-corrected chi connectivity index (χ4v) is 2.57. The van der Waals surface area contributed by atoms with Crippen LogP contribution in [0.25, 0.3) is 0 Å². The molecule has 2 rings (SSSR count). The molecule has 1 saturated heterocycles. The van der Waals surface area contributed by atoms with E-state index < -0.39 is 0 Å². The van der Waals surface area contributed by atoms with Crippen molar-refractivity contribution >= 4 is 5.69 Å². The van der Waals surface area contributed by atoms with Crippen molar-refractivity contribution < 1.29 is 9.13 Å². The first-order valence-electron chi connectivity index (χ1n) is 6.94. The molecule has 0 amide bonds. The van der Waals surface area contributed by atoms with Crippen molar-refractivity contribution in [3.63, 3.8) is 0 Å². The Labute approximate surface area is 114 Å². The summed E-state index contributed by atoms with van der Waals surface area (Å²) in [6.07, 6.45) is 2.13. The average Bonchev–Trinajstić information content (AvgIpc) is 2.36. The Morgan fingerprint density at radius 1 is 1.21 bits per heavy atom. The molecule has 0 aliphatic carbocycles. The van der Waals surface area contributed by atoms with Gasteiger partial charge in [-0.3, -0.25) is 0 Å². The molecule has 3 nitrogen and oxygen atoms in total. The molecule has 1 fully saturated rings. The number of halogens is 1. The van der Waals surface area contributed by atoms with Crippen LogP contribution in [0.5, 0.6) is 5.75 Å². The third kappa shape index (κ3) is 3.60. The Hall–Kier alpha value is -1.29. The van der Waals surface area contributed by atoms with Gasteiger partial charge in [0.05, 0.1) is 7.11 Å². The summed E-state index contributed by atoms with van der Waals surface area (Å²) in [5.74, 6) is 0.0143. The first-order valence-corrected chi connectivity index (χ1v) is 6.94. The fourth-order valence-electron chi connectivity index (χ4n) is 2.57. The van der Waals surface area contributed by atoms with Crippen molar-refractivity contribution in [3.8, 4) is 5.75 Å².